The molecular formula is C27H32F3N3O5S2. The maximum Gasteiger partial charge on any atom is 0.416 e. The highest BCUT2D eigenvalue weighted by molar-refractivity contribution is 7.92. The second-order valence-electron chi connectivity index (χ2n) is 10.0. The molecule has 1 amide bonds. The average molecular weight is 600 g/mol. The number of sulfonamides is 2. The molecule has 2 aromatic carbocycles. The molecule has 1 N–H and O–H groups in total. The van der Waals surface area contributed by atoms with E-state index in [-0.39, 0.29) is 30.3 Å². The van der Waals surface area contributed by atoms with Gasteiger partial charge in [-0.3, -0.25) is 4.79 Å². The summed E-state index contributed by atoms with van der Waals surface area (Å²) < 4.78 is 93.0. The fraction of sp³-hybridized carbons (Fsp3) is 0.444. The van der Waals surface area contributed by atoms with E-state index in [0.717, 1.165) is 30.4 Å². The van der Waals surface area contributed by atoms with Crippen LogP contribution in [0, 0.1) is 0 Å². The molecule has 2 aliphatic rings. The standard InChI is InChI=1S/C27H32F3N3O5S2/c1-2-39(35,36)31-19-23-6-5-17-33(23)40(37,38)24-13-9-21(10-14-24)25(26(34)32-15-3-4-16-32)18-20-7-11-22(12-8-20)27(28,29)30/h2,7-14,23,25,31H,1,3-6,15-19H2/t23-,25?/m0/s1. The summed E-state index contributed by atoms with van der Waals surface area (Å²) >= 11 is 0. The zero-order valence-electron chi connectivity index (χ0n) is 21.8. The van der Waals surface area contributed by atoms with E-state index >= 15 is 0 Å². The third kappa shape index (κ3) is 6.93. The minimum atomic E-state index is -4.46. The summed E-state index contributed by atoms with van der Waals surface area (Å²) in [6.45, 7) is 4.60. The van der Waals surface area contributed by atoms with E-state index in [9.17, 15) is 34.8 Å². The van der Waals surface area contributed by atoms with Gasteiger partial charge in [-0.2, -0.15) is 17.5 Å². The summed E-state index contributed by atoms with van der Waals surface area (Å²) in [5.41, 5.74) is 0.349. The van der Waals surface area contributed by atoms with E-state index in [1.165, 1.54) is 28.6 Å². The zero-order valence-corrected chi connectivity index (χ0v) is 23.4. The predicted octanol–water partition coefficient (Wildman–Crippen LogP) is 3.87. The summed E-state index contributed by atoms with van der Waals surface area (Å²) in [6.07, 6.45) is -1.48. The zero-order chi connectivity index (χ0) is 29.1. The largest absolute Gasteiger partial charge is 0.416 e. The number of carbonyl (C=O) groups is 1. The molecule has 1 unspecified atom stereocenters. The maximum absolute atomic E-state index is 13.4. The molecule has 2 saturated heterocycles. The maximum atomic E-state index is 13.4. The summed E-state index contributed by atoms with van der Waals surface area (Å²) in [5.74, 6) is -0.846. The number of amides is 1. The van der Waals surface area contributed by atoms with Crippen molar-refractivity contribution in [2.24, 2.45) is 0 Å². The number of benzene rings is 2. The number of alkyl halides is 3. The molecule has 2 aromatic rings. The van der Waals surface area contributed by atoms with Gasteiger partial charge >= 0.3 is 6.18 Å². The molecule has 0 spiro atoms. The first-order valence-electron chi connectivity index (χ1n) is 13.0. The van der Waals surface area contributed by atoms with Gasteiger partial charge in [0.1, 0.15) is 0 Å². The summed E-state index contributed by atoms with van der Waals surface area (Å²) in [5, 5.41) is 0.768. The van der Waals surface area contributed by atoms with Crippen molar-refractivity contribution in [1.29, 1.82) is 0 Å². The van der Waals surface area contributed by atoms with E-state index in [4.69, 9.17) is 0 Å². The van der Waals surface area contributed by atoms with E-state index in [0.29, 0.717) is 37.1 Å². The first kappa shape index (κ1) is 30.2. The van der Waals surface area contributed by atoms with Crippen molar-refractivity contribution in [2.45, 2.75) is 55.1 Å². The number of nitrogens with zero attached hydrogens (tertiary/aromatic N) is 2. The van der Waals surface area contributed by atoms with Crippen molar-refractivity contribution >= 4 is 26.0 Å². The van der Waals surface area contributed by atoms with E-state index in [1.54, 1.807) is 17.0 Å². The van der Waals surface area contributed by atoms with Gasteiger partial charge in [-0.05, 0) is 67.5 Å². The highest BCUT2D eigenvalue weighted by Gasteiger charge is 2.36. The Labute approximate surface area is 233 Å². The van der Waals surface area contributed by atoms with Crippen molar-refractivity contribution in [3.05, 3.63) is 77.2 Å². The molecule has 13 heteroatoms. The van der Waals surface area contributed by atoms with Crippen LogP contribution in [0.15, 0.2) is 65.4 Å². The fourth-order valence-corrected chi connectivity index (χ4v) is 7.41. The minimum absolute atomic E-state index is 0.0108. The molecule has 2 heterocycles. The monoisotopic (exact) mass is 599 g/mol. The van der Waals surface area contributed by atoms with Crippen molar-refractivity contribution in [2.75, 3.05) is 26.2 Å². The molecule has 2 atom stereocenters. The van der Waals surface area contributed by atoms with Gasteiger partial charge in [0.05, 0.1) is 16.4 Å². The van der Waals surface area contributed by atoms with Crippen LogP contribution < -0.4 is 4.72 Å². The Hall–Kier alpha value is -2.74. The molecule has 0 saturated carbocycles. The first-order chi connectivity index (χ1) is 18.8. The first-order valence-corrected chi connectivity index (χ1v) is 16.0. The van der Waals surface area contributed by atoms with Gasteiger partial charge in [0.15, 0.2) is 0 Å². The highest BCUT2D eigenvalue weighted by Crippen LogP contribution is 2.32. The topological polar surface area (TPSA) is 104 Å². The predicted molar refractivity (Wildman–Crippen MR) is 144 cm³/mol. The molecule has 0 bridgehead atoms. The Balaban J connectivity index is 1.56. The van der Waals surface area contributed by atoms with E-state index in [2.05, 4.69) is 11.3 Å². The van der Waals surface area contributed by atoms with Gasteiger partial charge in [0, 0.05) is 37.6 Å². The number of carbonyl (C=O) groups excluding carboxylic acids is 1. The number of hydrogen-bond donors (Lipinski definition) is 1. The van der Waals surface area contributed by atoms with Crippen LogP contribution >= 0.6 is 0 Å². The molecule has 0 aromatic heterocycles. The van der Waals surface area contributed by atoms with Crippen molar-refractivity contribution in [3.63, 3.8) is 0 Å². The molecule has 2 fully saturated rings. The van der Waals surface area contributed by atoms with Crippen LogP contribution in [0.25, 0.3) is 0 Å². The number of rotatable bonds is 10. The molecule has 218 valence electrons. The Kier molecular flexibility index (Phi) is 9.08. The van der Waals surface area contributed by atoms with E-state index < -0.39 is 43.7 Å². The van der Waals surface area contributed by atoms with Gasteiger partial charge in [0.2, 0.25) is 26.0 Å². The van der Waals surface area contributed by atoms with Crippen molar-refractivity contribution in [3.8, 4) is 0 Å². The molecule has 0 aliphatic carbocycles. The van der Waals surface area contributed by atoms with Crippen molar-refractivity contribution < 1.29 is 34.8 Å². The summed E-state index contributed by atoms with van der Waals surface area (Å²) in [7, 11) is -7.65. The summed E-state index contributed by atoms with van der Waals surface area (Å²) in [6, 6.07) is 10.1. The minimum Gasteiger partial charge on any atom is -0.342 e. The molecule has 0 radical (unpaired) electrons. The average Bonchev–Trinajstić information content (AvgIpc) is 3.63. The number of hydrogen-bond acceptors (Lipinski definition) is 5. The molecule has 40 heavy (non-hydrogen) atoms. The normalized spacial score (nSPS) is 19.6. The van der Waals surface area contributed by atoms with Gasteiger partial charge in [-0.1, -0.05) is 30.8 Å². The molecule has 8 nitrogen and oxygen atoms in total. The van der Waals surface area contributed by atoms with Gasteiger partial charge in [-0.15, -0.1) is 0 Å². The lowest BCUT2D eigenvalue weighted by Gasteiger charge is -2.25. The van der Waals surface area contributed by atoms with Gasteiger partial charge < -0.3 is 4.90 Å². The Morgan fingerprint density at radius 2 is 1.60 bits per heavy atom. The van der Waals surface area contributed by atoms with Crippen molar-refractivity contribution in [1.82, 2.24) is 13.9 Å². The van der Waals surface area contributed by atoms with Crippen LogP contribution in [0.1, 0.15) is 48.3 Å². The quantitative estimate of drug-likeness (QED) is 0.447. The molecular weight excluding hydrogens is 567 g/mol. The lowest BCUT2D eigenvalue weighted by atomic mass is 9.90. The van der Waals surface area contributed by atoms with Gasteiger partial charge in [-0.25, -0.2) is 21.6 Å². The van der Waals surface area contributed by atoms with Crippen LogP contribution in [0.4, 0.5) is 13.2 Å². The number of likely N-dealkylation sites (tertiary alicyclic amines) is 1. The Morgan fingerprint density at radius 1 is 0.975 bits per heavy atom. The second kappa shape index (κ2) is 12.0. The summed E-state index contributed by atoms with van der Waals surface area (Å²) in [4.78, 5) is 15.2. The smallest absolute Gasteiger partial charge is 0.342 e. The molecule has 4 rings (SSSR count). The lowest BCUT2D eigenvalue weighted by molar-refractivity contribution is -0.137. The lowest BCUT2D eigenvalue weighted by Crippen LogP contribution is -2.42. The third-order valence-electron chi connectivity index (χ3n) is 7.39. The number of halogens is 3. The second-order valence-corrected chi connectivity index (χ2v) is 13.6. The number of nitrogens with one attached hydrogen (secondary N) is 1. The third-order valence-corrected chi connectivity index (χ3v) is 10.4. The highest BCUT2D eigenvalue weighted by atomic mass is 32.2. The fourth-order valence-electron chi connectivity index (χ4n) is 5.18. The molecule has 2 aliphatic heterocycles. The Bertz CT molecular complexity index is 1420. The Morgan fingerprint density at radius 3 is 2.17 bits per heavy atom. The van der Waals surface area contributed by atoms with Gasteiger partial charge in [0.25, 0.3) is 0 Å². The van der Waals surface area contributed by atoms with Crippen LogP contribution in [0.3, 0.4) is 0 Å². The van der Waals surface area contributed by atoms with Crippen LogP contribution in [-0.4, -0.2) is 64.2 Å². The SMILES string of the molecule is C=CS(=O)(=O)NC[C@@H]1CCCN1S(=O)(=O)c1ccc(C(Cc2ccc(C(F)(F)F)cc2)C(=O)N2CCCC2)cc1. The van der Waals surface area contributed by atoms with Crippen LogP contribution in [0.2, 0.25) is 0 Å². The van der Waals surface area contributed by atoms with Crippen LogP contribution in [0.5, 0.6) is 0 Å². The van der Waals surface area contributed by atoms with E-state index in [1.807, 2.05) is 0 Å². The van der Waals surface area contributed by atoms with Crippen LogP contribution in [-0.2, 0) is 37.4 Å².